The maximum atomic E-state index is 12.5. The van der Waals surface area contributed by atoms with E-state index in [2.05, 4.69) is 5.32 Å². The van der Waals surface area contributed by atoms with Gasteiger partial charge in [-0.1, -0.05) is 41.4 Å². The smallest absolute Gasteiger partial charge is 0.243 e. The molecule has 28 heavy (non-hydrogen) atoms. The Labute approximate surface area is 176 Å². The highest BCUT2D eigenvalue weighted by Crippen LogP contribution is 2.21. The van der Waals surface area contributed by atoms with Gasteiger partial charge < -0.3 is 5.32 Å². The Balaban J connectivity index is 1.88. The van der Waals surface area contributed by atoms with Crippen LogP contribution in [0.4, 0.5) is 5.69 Å². The first-order chi connectivity index (χ1) is 13.2. The van der Waals surface area contributed by atoms with Crippen LogP contribution >= 0.6 is 23.4 Å². The molecule has 0 unspecified atom stereocenters. The topological polar surface area (TPSA) is 66.5 Å². The number of hydrogen-bond donors (Lipinski definition) is 1. The summed E-state index contributed by atoms with van der Waals surface area (Å²) < 4.78 is 25.7. The van der Waals surface area contributed by atoms with Gasteiger partial charge in [-0.2, -0.15) is 11.8 Å². The van der Waals surface area contributed by atoms with Crippen LogP contribution < -0.4 is 9.62 Å². The fourth-order valence-electron chi connectivity index (χ4n) is 2.67. The summed E-state index contributed by atoms with van der Waals surface area (Å²) in [7, 11) is -3.59. The normalized spacial score (nSPS) is 12.4. The lowest BCUT2D eigenvalue weighted by Gasteiger charge is -2.28. The quantitative estimate of drug-likeness (QED) is 0.601. The van der Waals surface area contributed by atoms with Crippen molar-refractivity contribution in [1.82, 2.24) is 5.32 Å². The Kier molecular flexibility index (Phi) is 8.22. The number of hydrogen-bond acceptors (Lipinski definition) is 4. The number of thioether (sulfide) groups is 1. The fourth-order valence-corrected chi connectivity index (χ4v) is 4.78. The van der Waals surface area contributed by atoms with E-state index in [0.717, 1.165) is 33.2 Å². The van der Waals surface area contributed by atoms with Crippen molar-refractivity contribution in [3.05, 3.63) is 64.7 Å². The van der Waals surface area contributed by atoms with Crippen molar-refractivity contribution in [3.63, 3.8) is 0 Å². The maximum Gasteiger partial charge on any atom is 0.243 e. The Hall–Kier alpha value is -1.70. The van der Waals surface area contributed by atoms with Crippen molar-refractivity contribution in [2.24, 2.45) is 0 Å². The van der Waals surface area contributed by atoms with E-state index in [9.17, 15) is 13.2 Å². The molecule has 0 bridgehead atoms. The molecule has 0 heterocycles. The number of nitrogens with zero attached hydrogens (tertiary/aromatic N) is 1. The van der Waals surface area contributed by atoms with E-state index in [1.54, 1.807) is 30.8 Å². The number of nitrogens with one attached hydrogen (secondary N) is 1. The highest BCUT2D eigenvalue weighted by molar-refractivity contribution is 7.98. The monoisotopic (exact) mass is 440 g/mol. The second-order valence-electron chi connectivity index (χ2n) is 6.54. The van der Waals surface area contributed by atoms with Gasteiger partial charge in [-0.05, 0) is 43.7 Å². The van der Waals surface area contributed by atoms with E-state index >= 15 is 0 Å². The van der Waals surface area contributed by atoms with Gasteiger partial charge in [0.2, 0.25) is 15.9 Å². The number of anilines is 1. The molecule has 2 aromatic carbocycles. The number of amides is 1. The van der Waals surface area contributed by atoms with Crippen molar-refractivity contribution in [1.29, 1.82) is 0 Å². The summed E-state index contributed by atoms with van der Waals surface area (Å²) in [6.07, 6.45) is 1.11. The molecule has 0 fully saturated rings. The number of sulfonamides is 1. The van der Waals surface area contributed by atoms with Crippen LogP contribution in [0.15, 0.2) is 48.5 Å². The molecule has 2 rings (SSSR count). The minimum absolute atomic E-state index is 0.321. The van der Waals surface area contributed by atoms with Crippen molar-refractivity contribution < 1.29 is 13.2 Å². The minimum Gasteiger partial charge on any atom is -0.353 e. The Morgan fingerprint density at radius 2 is 1.75 bits per heavy atom. The van der Waals surface area contributed by atoms with Gasteiger partial charge in [0.15, 0.2) is 0 Å². The Morgan fingerprint density at radius 1 is 1.14 bits per heavy atom. The lowest BCUT2D eigenvalue weighted by atomic mass is 10.2. The predicted molar refractivity (Wildman–Crippen MR) is 119 cm³/mol. The van der Waals surface area contributed by atoms with Gasteiger partial charge in [-0.3, -0.25) is 9.10 Å². The number of benzene rings is 2. The Bertz CT molecular complexity index is 885. The molecule has 0 saturated carbocycles. The lowest BCUT2D eigenvalue weighted by molar-refractivity contribution is -0.121. The SMILES string of the molecule is Cc1ccc(N([C@@H](C)C(=O)NCCSCc2ccc(Cl)cc2)S(C)(=O)=O)cc1. The standard InChI is InChI=1S/C20H25ClN2O3S2/c1-15-4-10-19(11-5-15)23(28(3,25)26)16(2)20(24)22-12-13-27-14-17-6-8-18(21)9-7-17/h4-11,16H,12-14H2,1-3H3,(H,22,24)/t16-/m0/s1. The molecule has 1 N–H and O–H groups in total. The van der Waals surface area contributed by atoms with Gasteiger partial charge in [0, 0.05) is 23.1 Å². The molecule has 0 spiro atoms. The average Bonchev–Trinajstić information content (AvgIpc) is 2.63. The van der Waals surface area contributed by atoms with Crippen molar-refractivity contribution in [3.8, 4) is 0 Å². The summed E-state index contributed by atoms with van der Waals surface area (Å²) in [6.45, 7) is 3.98. The minimum atomic E-state index is -3.59. The van der Waals surface area contributed by atoms with Crippen LogP contribution in [-0.2, 0) is 20.6 Å². The van der Waals surface area contributed by atoms with E-state index in [4.69, 9.17) is 11.6 Å². The molecule has 1 amide bonds. The van der Waals surface area contributed by atoms with E-state index in [1.807, 2.05) is 43.3 Å². The van der Waals surface area contributed by atoms with E-state index < -0.39 is 16.1 Å². The third-order valence-electron chi connectivity index (χ3n) is 4.10. The maximum absolute atomic E-state index is 12.5. The van der Waals surface area contributed by atoms with E-state index in [-0.39, 0.29) is 5.91 Å². The second kappa shape index (κ2) is 10.2. The zero-order chi connectivity index (χ0) is 20.7. The van der Waals surface area contributed by atoms with Crippen LogP contribution in [0.5, 0.6) is 0 Å². The number of halogens is 1. The van der Waals surface area contributed by atoms with Crippen LogP contribution in [0.3, 0.4) is 0 Å². The summed E-state index contributed by atoms with van der Waals surface area (Å²) in [5.74, 6) is 1.23. The van der Waals surface area contributed by atoms with Crippen LogP contribution in [0, 0.1) is 6.92 Å². The predicted octanol–water partition coefficient (Wildman–Crippen LogP) is 3.85. The number of rotatable bonds is 9. The summed E-state index contributed by atoms with van der Waals surface area (Å²) >= 11 is 7.56. The van der Waals surface area contributed by atoms with Gasteiger partial charge in [-0.15, -0.1) is 0 Å². The highest BCUT2D eigenvalue weighted by atomic mass is 35.5. The first-order valence-corrected chi connectivity index (χ1v) is 12.2. The van der Waals surface area contributed by atoms with Gasteiger partial charge in [0.05, 0.1) is 11.9 Å². The second-order valence-corrected chi connectivity index (χ2v) is 9.94. The molecule has 0 radical (unpaired) electrons. The molecule has 0 aromatic heterocycles. The van der Waals surface area contributed by atoms with Crippen molar-refractivity contribution in [2.45, 2.75) is 25.6 Å². The van der Waals surface area contributed by atoms with Crippen molar-refractivity contribution >= 4 is 45.0 Å². The Morgan fingerprint density at radius 3 is 2.32 bits per heavy atom. The van der Waals surface area contributed by atoms with Gasteiger partial charge in [-0.25, -0.2) is 8.42 Å². The molecule has 8 heteroatoms. The van der Waals surface area contributed by atoms with E-state index in [0.29, 0.717) is 17.3 Å². The molecule has 5 nitrogen and oxygen atoms in total. The summed E-state index contributed by atoms with van der Waals surface area (Å²) in [5.41, 5.74) is 2.66. The number of carbonyl (C=O) groups excluding carboxylic acids is 1. The molecule has 152 valence electrons. The highest BCUT2D eigenvalue weighted by Gasteiger charge is 2.28. The van der Waals surface area contributed by atoms with Gasteiger partial charge in [0.1, 0.15) is 6.04 Å². The summed E-state index contributed by atoms with van der Waals surface area (Å²) in [6, 6.07) is 13.9. The summed E-state index contributed by atoms with van der Waals surface area (Å²) in [4.78, 5) is 12.5. The lowest BCUT2D eigenvalue weighted by Crippen LogP contribution is -2.48. The van der Waals surface area contributed by atoms with Crippen molar-refractivity contribution in [2.75, 3.05) is 22.9 Å². The third kappa shape index (κ3) is 6.72. The molecular formula is C20H25ClN2O3S2. The molecule has 1 atom stereocenters. The van der Waals surface area contributed by atoms with Gasteiger partial charge in [0.25, 0.3) is 0 Å². The van der Waals surface area contributed by atoms with Crippen LogP contribution in [-0.4, -0.2) is 38.9 Å². The first-order valence-electron chi connectivity index (χ1n) is 8.84. The molecule has 0 saturated heterocycles. The summed E-state index contributed by atoms with van der Waals surface area (Å²) in [5, 5.41) is 3.53. The van der Waals surface area contributed by atoms with Crippen LogP contribution in [0.2, 0.25) is 5.02 Å². The molecular weight excluding hydrogens is 416 g/mol. The van der Waals surface area contributed by atoms with Crippen LogP contribution in [0.25, 0.3) is 0 Å². The molecule has 0 aliphatic rings. The fraction of sp³-hybridized carbons (Fsp3) is 0.350. The zero-order valence-corrected chi connectivity index (χ0v) is 18.6. The molecule has 2 aromatic rings. The molecule has 0 aliphatic heterocycles. The third-order valence-corrected chi connectivity index (χ3v) is 6.63. The number of carbonyl (C=O) groups is 1. The first kappa shape index (κ1) is 22.6. The zero-order valence-electron chi connectivity index (χ0n) is 16.2. The number of aryl methyl sites for hydroxylation is 1. The van der Waals surface area contributed by atoms with Crippen LogP contribution in [0.1, 0.15) is 18.1 Å². The van der Waals surface area contributed by atoms with Gasteiger partial charge >= 0.3 is 0 Å². The van der Waals surface area contributed by atoms with E-state index in [1.165, 1.54) is 0 Å². The average molecular weight is 441 g/mol. The largest absolute Gasteiger partial charge is 0.353 e. The molecule has 0 aliphatic carbocycles.